The summed E-state index contributed by atoms with van der Waals surface area (Å²) in [5.41, 5.74) is -3.63. The lowest BCUT2D eigenvalue weighted by atomic mass is 9.41. The minimum Gasteiger partial charge on any atom is -0.432 e. The number of aliphatic hydroxyl groups is 23. The maximum absolute atomic E-state index is 15.5. The van der Waals surface area contributed by atoms with Gasteiger partial charge in [0.2, 0.25) is 6.29 Å². The fraction of sp³-hybridized carbons (Fsp3) is 0.952. The summed E-state index contributed by atoms with van der Waals surface area (Å²) in [4.78, 5) is 15.5. The third-order valence-electron chi connectivity index (χ3n) is 23.4. The van der Waals surface area contributed by atoms with E-state index in [1.807, 2.05) is 0 Å². The lowest BCUT2D eigenvalue weighted by molar-refractivity contribution is -0.399. The van der Waals surface area contributed by atoms with Gasteiger partial charge in [0.1, 0.15) is 165 Å². The molecule has 0 aromatic heterocycles. The first kappa shape index (κ1) is 78.8. The largest absolute Gasteiger partial charge is 0.432 e. The smallest absolute Gasteiger partial charge is 0.314 e. The number of carbonyl (C=O) groups is 1. The summed E-state index contributed by atoms with van der Waals surface area (Å²) in [6, 6.07) is 0. The van der Waals surface area contributed by atoms with Crippen LogP contribution in [-0.4, -0.2) is 390 Å². The summed E-state index contributed by atoms with van der Waals surface area (Å²) in [5.74, 6) is -1.60. The molecular formula is C62H100O38. The van der Waals surface area contributed by atoms with Crippen molar-refractivity contribution in [3.05, 3.63) is 12.2 Å². The molecule has 38 heteroatoms. The van der Waals surface area contributed by atoms with Gasteiger partial charge in [0.25, 0.3) is 0 Å². The summed E-state index contributed by atoms with van der Waals surface area (Å²) in [6.07, 6.45) is -63.5. The zero-order valence-electron chi connectivity index (χ0n) is 54.8. The van der Waals surface area contributed by atoms with E-state index < -0.39 is 295 Å². The first-order valence-corrected chi connectivity index (χ1v) is 33.9. The molecule has 11 aliphatic rings. The van der Waals surface area contributed by atoms with Gasteiger partial charge in [-0.2, -0.15) is 0 Å². The maximum Gasteiger partial charge on any atom is 0.314 e. The second-order valence-electron chi connectivity index (χ2n) is 29.3. The molecule has 11 rings (SSSR count). The molecule has 100 heavy (non-hydrogen) atoms. The molecule has 576 valence electrons. The van der Waals surface area contributed by atoms with Crippen molar-refractivity contribution in [2.45, 2.75) is 292 Å². The number of ether oxygens (including phenoxy) is 14. The lowest BCUT2D eigenvalue weighted by Crippen LogP contribution is -2.68. The number of carbonyl (C=O) groups excluding carboxylic acids is 1. The average molecular weight is 1450 g/mol. The van der Waals surface area contributed by atoms with Crippen molar-refractivity contribution in [2.75, 3.05) is 46.2 Å². The summed E-state index contributed by atoms with van der Waals surface area (Å²) >= 11 is 0. The Bertz CT molecular complexity index is 2720. The molecule has 4 saturated carbocycles. The second-order valence-corrected chi connectivity index (χ2v) is 29.3. The summed E-state index contributed by atoms with van der Waals surface area (Å²) in [7, 11) is 0. The number of esters is 1. The van der Waals surface area contributed by atoms with Crippen LogP contribution in [0.4, 0.5) is 0 Å². The van der Waals surface area contributed by atoms with Gasteiger partial charge in [0, 0.05) is 0 Å². The molecule has 4 aliphatic carbocycles. The van der Waals surface area contributed by atoms with Crippen molar-refractivity contribution >= 4 is 5.97 Å². The first-order chi connectivity index (χ1) is 47.3. The first-order valence-electron chi connectivity index (χ1n) is 33.9. The van der Waals surface area contributed by atoms with Crippen molar-refractivity contribution in [2.24, 2.45) is 28.1 Å². The van der Waals surface area contributed by atoms with Gasteiger partial charge in [-0.15, -0.1) is 0 Å². The van der Waals surface area contributed by atoms with Crippen LogP contribution in [0.5, 0.6) is 0 Å². The molecular weight excluding hydrogens is 1350 g/mol. The van der Waals surface area contributed by atoms with Crippen LogP contribution < -0.4 is 0 Å². The van der Waals surface area contributed by atoms with E-state index in [2.05, 4.69) is 13.5 Å². The van der Waals surface area contributed by atoms with Crippen LogP contribution in [0, 0.1) is 28.1 Å². The fourth-order valence-corrected chi connectivity index (χ4v) is 17.8. The number of rotatable bonds is 21. The molecule has 7 heterocycles. The van der Waals surface area contributed by atoms with E-state index in [1.165, 1.54) is 0 Å². The topological polar surface area (TPSA) is 612 Å². The second kappa shape index (κ2) is 31.2. The van der Waals surface area contributed by atoms with E-state index in [-0.39, 0.29) is 25.2 Å². The SMILES string of the molecule is C=C1C[C@@]23CC[C@H]4[C@@](C)(CCC[C@@]4(C)C(=O)O[C@@H]4O[C@H](CO)[C@@H](O)[C@H](O[C@@H]5O[C@H](CO)[C@@H](O)[C@H](O)[C@H]5O)[C@H]4O[C@@H]4O[C@H](CO)[C@@H](O)[C@H](O)[C@H]4O)[C@@H]2CC[C@]1(O[C@@H]1O[C@H](CO[C@@H]2O[C@H](CO)[C@@H](O)[C@H](O)[C@H]2O)[C@@H](O[C@@H]2O[C@H](CO)[C@@H](O)[C@H](O)[C@H]2O)[C@H](O)[C@H]1O[C@@H]1O[C@H](CO)[C@@H](O)[C@H](O)[C@H]1O)C3. The van der Waals surface area contributed by atoms with Crippen LogP contribution >= 0.6 is 0 Å². The molecule has 2 bridgehead atoms. The highest BCUT2D eigenvalue weighted by atomic mass is 16.8. The van der Waals surface area contributed by atoms with Crippen LogP contribution in [-0.2, 0) is 71.1 Å². The molecule has 0 amide bonds. The van der Waals surface area contributed by atoms with Crippen LogP contribution in [0.15, 0.2) is 12.2 Å². The normalized spacial score (nSPS) is 54.5. The molecule has 7 saturated heterocycles. The number of hydrogen-bond acceptors (Lipinski definition) is 38. The van der Waals surface area contributed by atoms with E-state index in [9.17, 15) is 117 Å². The Morgan fingerprint density at radius 2 is 0.780 bits per heavy atom. The van der Waals surface area contributed by atoms with Gasteiger partial charge in [-0.05, 0) is 86.5 Å². The molecule has 0 unspecified atom stereocenters. The van der Waals surface area contributed by atoms with E-state index in [4.69, 9.17) is 66.3 Å². The monoisotopic (exact) mass is 1450 g/mol. The van der Waals surface area contributed by atoms with Crippen LogP contribution in [0.3, 0.4) is 0 Å². The van der Waals surface area contributed by atoms with Crippen LogP contribution in [0.1, 0.15) is 71.6 Å². The third-order valence-corrected chi connectivity index (χ3v) is 23.4. The van der Waals surface area contributed by atoms with Gasteiger partial charge < -0.3 is 184 Å². The van der Waals surface area contributed by atoms with Gasteiger partial charge >= 0.3 is 5.97 Å². The van der Waals surface area contributed by atoms with Crippen molar-refractivity contribution in [3.8, 4) is 0 Å². The Labute approximate surface area is 571 Å². The average Bonchev–Trinajstić information content (AvgIpc) is 1.44. The summed E-state index contributed by atoms with van der Waals surface area (Å²) in [5, 5.41) is 249. The Morgan fingerprint density at radius 1 is 0.400 bits per heavy atom. The number of aliphatic hydroxyl groups excluding tert-OH is 23. The zero-order valence-corrected chi connectivity index (χ0v) is 54.8. The maximum atomic E-state index is 15.5. The number of hydrogen-bond donors (Lipinski definition) is 23. The Kier molecular flexibility index (Phi) is 24.6. The highest BCUT2D eigenvalue weighted by Crippen LogP contribution is 2.74. The predicted octanol–water partition coefficient (Wildman–Crippen LogP) is -11.6. The zero-order chi connectivity index (χ0) is 72.7. The van der Waals surface area contributed by atoms with Crippen molar-refractivity contribution in [1.82, 2.24) is 0 Å². The Morgan fingerprint density at radius 3 is 1.24 bits per heavy atom. The van der Waals surface area contributed by atoms with Crippen LogP contribution in [0.25, 0.3) is 0 Å². The van der Waals surface area contributed by atoms with E-state index in [1.54, 1.807) is 6.92 Å². The van der Waals surface area contributed by atoms with Crippen molar-refractivity contribution in [1.29, 1.82) is 0 Å². The Hall–Kier alpha value is -2.23. The fourth-order valence-electron chi connectivity index (χ4n) is 17.8. The van der Waals surface area contributed by atoms with Crippen molar-refractivity contribution < 1.29 is 189 Å². The number of fused-ring (bicyclic) bond motifs is 3. The van der Waals surface area contributed by atoms with Crippen LogP contribution in [0.2, 0.25) is 0 Å². The van der Waals surface area contributed by atoms with Gasteiger partial charge in [0.15, 0.2) is 43.8 Å². The molecule has 7 aliphatic heterocycles. The molecule has 0 aromatic rings. The van der Waals surface area contributed by atoms with E-state index in [0.717, 1.165) is 0 Å². The quantitative estimate of drug-likeness (QED) is 0.0288. The van der Waals surface area contributed by atoms with E-state index in [0.29, 0.717) is 44.1 Å². The standard InChI is InChI=1S/C62H100O38/c1-20-11-61-9-5-28-59(2,7-4-8-60(28,3)58(86)99-56-50(98-55-45(84)40(79)34(73)25(16-67)92-55)48(35(74)26(17-68)93-56)96-53-43(82)38(77)32(71)23(14-65)90-53)29(61)6-10-62(20,19-61)100-57-49(97-54-44(83)39(78)33(72)24(15-66)91-54)46(85)47(95-52-42(81)37(76)31(70)22(13-64)89-52)27(94-57)18-87-51-41(80)36(75)30(69)21(12-63)88-51/h21-57,63-85H,1,4-19H2,2-3H3/t21-,22-,23-,24-,25-,26-,27-,28+,29+,30-,31-,32-,33-,34-,35-,36+,37+,38+,39+,40+,41-,42-,43-,44-,45-,46+,47-,48+,49-,50-,51-,52+,53+,54+,55+,56+,57+,59-,60-,61-,62+/m1/s1. The third kappa shape index (κ3) is 14.1. The predicted molar refractivity (Wildman–Crippen MR) is 317 cm³/mol. The molecule has 23 N–H and O–H groups in total. The van der Waals surface area contributed by atoms with Gasteiger partial charge in [-0.1, -0.05) is 19.9 Å². The lowest BCUT2D eigenvalue weighted by Gasteiger charge is -2.64. The van der Waals surface area contributed by atoms with Crippen molar-refractivity contribution in [3.63, 3.8) is 0 Å². The van der Waals surface area contributed by atoms with Gasteiger partial charge in [-0.25, -0.2) is 0 Å². The molecule has 11 fully saturated rings. The van der Waals surface area contributed by atoms with E-state index >= 15 is 4.79 Å². The molecule has 0 radical (unpaired) electrons. The summed E-state index contributed by atoms with van der Waals surface area (Å²) < 4.78 is 85.1. The molecule has 1 spiro atoms. The molecule has 38 nitrogen and oxygen atoms in total. The molecule has 0 aromatic carbocycles. The highest BCUT2D eigenvalue weighted by molar-refractivity contribution is 5.77. The minimum atomic E-state index is -2.15. The summed E-state index contributed by atoms with van der Waals surface area (Å²) in [6.45, 7) is 2.01. The molecule has 41 atom stereocenters. The minimum absolute atomic E-state index is 0.162. The highest BCUT2D eigenvalue weighted by Gasteiger charge is 2.70. The Balaban J connectivity index is 0.881. The van der Waals surface area contributed by atoms with Gasteiger partial charge in [0.05, 0.1) is 57.3 Å². The van der Waals surface area contributed by atoms with Gasteiger partial charge in [-0.3, -0.25) is 4.79 Å².